The molecule has 6 heterocycles. The summed E-state index contributed by atoms with van der Waals surface area (Å²) in [6, 6.07) is 57.8. The van der Waals surface area contributed by atoms with Crippen LogP contribution in [0.4, 0.5) is 0 Å². The fraction of sp³-hybridized carbons (Fsp3) is 0.434. The van der Waals surface area contributed by atoms with Crippen molar-refractivity contribution < 1.29 is 33.6 Å². The number of nitrogens with one attached hydrogen (secondary N) is 6. The first-order chi connectivity index (χ1) is 70.4. The summed E-state index contributed by atoms with van der Waals surface area (Å²) in [6.07, 6.45) is 17.1. The molecule has 20 nitrogen and oxygen atoms in total. The molecule has 13 aliphatic carbocycles. The maximum atomic E-state index is 13.4. The monoisotopic (exact) mass is 1990 g/mol. The third-order valence-corrected chi connectivity index (χ3v) is 35.7. The number of nitrogens with two attached hydrogens (primary N) is 1. The van der Waals surface area contributed by atoms with Crippen LogP contribution in [0.1, 0.15) is 359 Å². The van der Waals surface area contributed by atoms with Crippen molar-refractivity contribution in [3.63, 3.8) is 0 Å². The summed E-state index contributed by atoms with van der Waals surface area (Å²) in [6.45, 7) is 49.6. The first-order valence-corrected chi connectivity index (χ1v) is 53.9. The molecule has 149 heavy (non-hydrogen) atoms. The van der Waals surface area contributed by atoms with Gasteiger partial charge in [-0.25, -0.2) is 0 Å². The fourth-order valence-corrected chi connectivity index (χ4v) is 30.8. The van der Waals surface area contributed by atoms with Gasteiger partial charge in [0.25, 0.3) is 0 Å². The number of amides is 1. The second-order valence-electron chi connectivity index (χ2n) is 50.8. The lowest BCUT2D eigenvalue weighted by molar-refractivity contribution is -0.119. The van der Waals surface area contributed by atoms with E-state index in [1.807, 2.05) is 49.4 Å². The van der Waals surface area contributed by atoms with Gasteiger partial charge in [0.2, 0.25) is 5.91 Å². The Balaban J connectivity index is 0.000000108. The van der Waals surface area contributed by atoms with Crippen molar-refractivity contribution in [1.29, 1.82) is 0 Å². The molecule has 13 aliphatic rings. The molecular weight excluding hydrogens is 1840 g/mol. The van der Waals surface area contributed by atoms with Gasteiger partial charge in [0, 0.05) is 205 Å². The quantitative estimate of drug-likeness (QED) is 0.0781. The van der Waals surface area contributed by atoms with Gasteiger partial charge in [-0.3, -0.25) is 64.2 Å². The van der Waals surface area contributed by atoms with Crippen LogP contribution >= 0.6 is 0 Å². The zero-order valence-electron chi connectivity index (χ0n) is 91.6. The molecule has 0 bridgehead atoms. The van der Waals surface area contributed by atoms with Gasteiger partial charge in [-0.2, -0.15) is 30.6 Å². The van der Waals surface area contributed by atoms with Crippen LogP contribution in [0.3, 0.4) is 0 Å². The summed E-state index contributed by atoms with van der Waals surface area (Å²) in [5.41, 5.74) is 45.8. The van der Waals surface area contributed by atoms with Gasteiger partial charge in [-0.15, -0.1) is 0 Å². The van der Waals surface area contributed by atoms with Crippen LogP contribution in [0, 0.1) is 74.0 Å². The summed E-state index contributed by atoms with van der Waals surface area (Å²) >= 11 is 0. The standard InChI is InChI=1S/C22H25N3O2.C22H24N2O.C22H26N2O.3C21H24N2O/c1-12-18-16(25-24-12)9-14-10-21(2,3)11-17(26)19(14)22(18,4)15-7-5-6-13(8-15)20(23)27;1-13-19-17(24-23-13)10-15-11-21(2,3)12-18(25)20(15)22(19)9-8-14-6-4-5-7-16(14)22;1-5-22(16-9-7-6-8-10-16)19-14(2)23-24-17(19)11-15-12-21(3,4)13-18(25)20(15)22;3*1-13-18-16(23-22-13)10-14-11-20(2,3)12-17(24)19(14)21(18,4)15-8-6-5-7-9-15/h5-8H,9-11H2,1-4H3,(H2,23,27)(H,24,25);4-7H,8-12H2,1-3H3,(H,23,24);6-10H,5,11-13H2,1-4H3,(H,23,24);3*5-9H,10-12H2,1-4H3,(H,22,23)/t;;;2*21-;/m...10./s1. The van der Waals surface area contributed by atoms with Crippen LogP contribution in [0.2, 0.25) is 0 Å². The number of hydrogen-bond donors (Lipinski definition) is 7. The number of carbonyl (C=O) groups excluding carboxylic acids is 7. The van der Waals surface area contributed by atoms with E-state index in [0.717, 1.165) is 203 Å². The number of aromatic amines is 6. The lowest BCUT2D eigenvalue weighted by Gasteiger charge is -2.45. The molecule has 12 aromatic rings. The molecule has 0 saturated carbocycles. The molecule has 6 atom stereocenters. The lowest BCUT2D eigenvalue weighted by atomic mass is 9.56. The van der Waals surface area contributed by atoms with Crippen molar-refractivity contribution in [2.75, 3.05) is 0 Å². The number of hydrogen-bond acceptors (Lipinski definition) is 13. The SMILES string of the molecule is CCC1(c2ccccc2)C2=C(Cc3n[nH]c(C)c31)CC(C)(C)CC2=O.Cc1[nH]nc2c1C(C)(c1cccc(C(N)=O)c1)C1=C(C2)CC(C)(C)CC1=O.Cc1[nH]nc2c1C(C)(c1ccccc1)C1=C(C2)CC(C)(C)CC1=O.Cc1[nH]nc2c1C1(CCc3ccccc31)C1=C(C2)CC(C)(C)CC1=O.Cc1[nH]nc2c1[C@@](C)(c1ccccc1)C1=C(C2)CC(C)(C)CC1=O.Cc1[nH]nc2c1[C@](C)(c1ccccc1)C1=C(C2)CC(C)(C)CC1=O. The van der Waals surface area contributed by atoms with Gasteiger partial charge in [0.15, 0.2) is 34.7 Å². The fourth-order valence-electron chi connectivity index (χ4n) is 30.8. The third kappa shape index (κ3) is 17.2. The van der Waals surface area contributed by atoms with Gasteiger partial charge in [0.1, 0.15) is 0 Å². The second kappa shape index (κ2) is 37.0. The van der Waals surface area contributed by atoms with E-state index in [2.05, 4.69) is 335 Å². The highest BCUT2D eigenvalue weighted by Crippen LogP contribution is 2.63. The van der Waals surface area contributed by atoms with Crippen molar-refractivity contribution in [3.05, 3.63) is 383 Å². The molecule has 0 radical (unpaired) electrons. The maximum absolute atomic E-state index is 13.4. The first kappa shape index (κ1) is 103. The normalized spacial score (nSPS) is 25.2. The zero-order chi connectivity index (χ0) is 106. The van der Waals surface area contributed by atoms with Crippen LogP contribution < -0.4 is 5.73 Å². The Kier molecular flexibility index (Phi) is 25.5. The number of benzene rings is 6. The van der Waals surface area contributed by atoms with E-state index in [1.54, 1.807) is 6.07 Å². The molecular formula is C129H147N13O7. The minimum atomic E-state index is -0.640. The van der Waals surface area contributed by atoms with Gasteiger partial charge in [-0.1, -0.05) is 281 Å². The van der Waals surface area contributed by atoms with Gasteiger partial charge >= 0.3 is 0 Å². The van der Waals surface area contributed by atoms with Gasteiger partial charge in [-0.05, 0) is 211 Å². The Labute approximate surface area is 877 Å². The first-order valence-electron chi connectivity index (χ1n) is 53.9. The molecule has 6 aromatic heterocycles. The predicted octanol–water partition coefficient (Wildman–Crippen LogP) is 25.0. The van der Waals surface area contributed by atoms with Crippen molar-refractivity contribution in [3.8, 4) is 0 Å². The predicted molar refractivity (Wildman–Crippen MR) is 586 cm³/mol. The van der Waals surface area contributed by atoms with Gasteiger partial charge < -0.3 is 5.73 Å². The number of aromatic nitrogens is 12. The Hall–Kier alpha value is -13.5. The molecule has 25 rings (SSSR count). The Morgan fingerprint density at radius 1 is 0.282 bits per heavy atom. The van der Waals surface area contributed by atoms with Crippen LogP contribution in [0.25, 0.3) is 0 Å². The van der Waals surface area contributed by atoms with E-state index in [-0.39, 0.29) is 49.1 Å². The van der Waals surface area contributed by atoms with Crippen molar-refractivity contribution >= 4 is 40.6 Å². The summed E-state index contributed by atoms with van der Waals surface area (Å²) < 4.78 is 0. The molecule has 770 valence electrons. The number of primary amides is 1. The smallest absolute Gasteiger partial charge is 0.248 e. The van der Waals surface area contributed by atoms with E-state index in [9.17, 15) is 33.6 Å². The molecule has 0 fully saturated rings. The highest BCUT2D eigenvalue weighted by molar-refractivity contribution is 6.07. The number of ketones is 6. The van der Waals surface area contributed by atoms with E-state index in [4.69, 9.17) is 5.73 Å². The molecule has 20 heteroatoms. The minimum Gasteiger partial charge on any atom is -0.366 e. The average molecular weight is 1990 g/mol. The second-order valence-corrected chi connectivity index (χ2v) is 50.8. The zero-order valence-corrected chi connectivity index (χ0v) is 91.6. The summed E-state index contributed by atoms with van der Waals surface area (Å²) in [7, 11) is 0. The summed E-state index contributed by atoms with van der Waals surface area (Å²) in [4.78, 5) is 91.4. The molecule has 1 amide bonds. The van der Waals surface area contributed by atoms with E-state index >= 15 is 0 Å². The van der Waals surface area contributed by atoms with Crippen LogP contribution in [-0.4, -0.2) is 102 Å². The highest BCUT2D eigenvalue weighted by Gasteiger charge is 2.59. The summed E-state index contributed by atoms with van der Waals surface area (Å²) in [5, 5.41) is 46.5. The Morgan fingerprint density at radius 3 is 0.852 bits per heavy atom. The van der Waals surface area contributed by atoms with E-state index < -0.39 is 27.6 Å². The molecule has 0 saturated heterocycles. The Bertz CT molecular complexity index is 7300. The number of carbonyl (C=O) groups is 7. The number of Topliss-reactive ketones (excluding diaryl/α,β-unsaturated/α-hetero) is 6. The van der Waals surface area contributed by atoms with Crippen LogP contribution in [0.5, 0.6) is 0 Å². The largest absolute Gasteiger partial charge is 0.366 e. The number of H-pyrrole nitrogens is 6. The Morgan fingerprint density at radius 2 is 0.530 bits per heavy atom. The highest BCUT2D eigenvalue weighted by atomic mass is 16.2. The summed E-state index contributed by atoms with van der Waals surface area (Å²) in [5.74, 6) is 1.32. The minimum absolute atomic E-state index is 0.0366. The molecule has 8 N–H and O–H groups in total. The number of nitrogens with zero attached hydrogens (tertiary/aromatic N) is 6. The molecule has 4 unspecified atom stereocenters. The molecule has 1 spiro atoms. The molecule has 0 aliphatic heterocycles. The number of aryl methyl sites for hydroxylation is 7. The van der Waals surface area contributed by atoms with Crippen molar-refractivity contribution in [1.82, 2.24) is 61.2 Å². The topological polar surface area (TPSA) is 318 Å². The third-order valence-electron chi connectivity index (χ3n) is 35.7. The number of fused-ring (bicyclic) bond motifs is 10. The van der Waals surface area contributed by atoms with Gasteiger partial charge in [0.05, 0.1) is 45.0 Å². The van der Waals surface area contributed by atoms with E-state index in [0.29, 0.717) is 79.4 Å². The van der Waals surface area contributed by atoms with E-state index in [1.165, 1.54) is 94.6 Å². The average Bonchev–Trinajstić information content (AvgIpc) is 1.53. The van der Waals surface area contributed by atoms with Crippen molar-refractivity contribution in [2.45, 2.75) is 327 Å². The molecule has 6 aromatic carbocycles. The van der Waals surface area contributed by atoms with Crippen LogP contribution in [-0.2, 0) is 106 Å². The van der Waals surface area contributed by atoms with Crippen molar-refractivity contribution in [2.24, 2.45) is 38.2 Å². The lowest BCUT2D eigenvalue weighted by Crippen LogP contribution is -2.42. The maximum Gasteiger partial charge on any atom is 0.248 e. The van der Waals surface area contributed by atoms with Crippen LogP contribution in [0.15, 0.2) is 237 Å². The number of allylic oxidation sites excluding steroid dienone is 12. The number of rotatable bonds is 7.